The number of unbranched alkanes of at least 4 members (excludes halogenated alkanes) is 6. The number of nitrogens with two attached hydrogens (primary N) is 1. The first-order chi connectivity index (χ1) is 9.74. The monoisotopic (exact) mass is 279 g/mol. The van der Waals surface area contributed by atoms with Crippen LogP contribution in [0.2, 0.25) is 0 Å². The van der Waals surface area contributed by atoms with Crippen molar-refractivity contribution in [2.45, 2.75) is 58.6 Å². The second kappa shape index (κ2) is 10.4. The van der Waals surface area contributed by atoms with Crippen molar-refractivity contribution in [1.29, 1.82) is 0 Å². The van der Waals surface area contributed by atoms with Crippen molar-refractivity contribution in [1.82, 2.24) is 0 Å². The van der Waals surface area contributed by atoms with E-state index in [1.54, 1.807) is 12.1 Å². The molecule has 0 unspecified atom stereocenters. The number of primary amides is 1. The molecule has 1 heterocycles. The highest BCUT2D eigenvalue weighted by Crippen LogP contribution is 2.06. The predicted molar refractivity (Wildman–Crippen MR) is 79.1 cm³/mol. The molecule has 0 saturated carbocycles. The van der Waals surface area contributed by atoms with Gasteiger partial charge in [0.05, 0.1) is 12.2 Å². The lowest BCUT2D eigenvalue weighted by molar-refractivity contribution is -0.732. The summed E-state index contributed by atoms with van der Waals surface area (Å²) in [6.45, 7) is 3.55. The summed E-state index contributed by atoms with van der Waals surface area (Å²) in [6, 6.07) is 3.42. The maximum atomic E-state index is 10.9. The molecule has 4 nitrogen and oxygen atoms in total. The summed E-state index contributed by atoms with van der Waals surface area (Å²) in [5.41, 5.74) is 5.70. The molecule has 0 radical (unpaired) electrons. The Labute approximate surface area is 121 Å². The normalized spacial score (nSPS) is 10.7. The SMILES string of the molecule is CCCCCCCCCOC[n+]1ccc(C(N)=O)cc1. The van der Waals surface area contributed by atoms with Crippen molar-refractivity contribution in [2.24, 2.45) is 5.73 Å². The van der Waals surface area contributed by atoms with Gasteiger partial charge in [-0.05, 0) is 6.42 Å². The Hall–Kier alpha value is -1.42. The van der Waals surface area contributed by atoms with Gasteiger partial charge in [0.25, 0.3) is 6.73 Å². The Morgan fingerprint density at radius 1 is 1.10 bits per heavy atom. The second-order valence-corrected chi connectivity index (χ2v) is 5.12. The molecule has 0 atom stereocenters. The molecule has 1 aromatic rings. The lowest BCUT2D eigenvalue weighted by atomic mass is 10.1. The molecule has 2 N–H and O–H groups in total. The molecule has 0 fully saturated rings. The number of pyridine rings is 1. The summed E-state index contributed by atoms with van der Waals surface area (Å²) in [5.74, 6) is -0.402. The van der Waals surface area contributed by atoms with Crippen LogP contribution < -0.4 is 10.3 Å². The van der Waals surface area contributed by atoms with Gasteiger partial charge in [-0.25, -0.2) is 0 Å². The fraction of sp³-hybridized carbons (Fsp3) is 0.625. The van der Waals surface area contributed by atoms with Crippen molar-refractivity contribution < 1.29 is 14.1 Å². The van der Waals surface area contributed by atoms with Crippen molar-refractivity contribution in [2.75, 3.05) is 6.61 Å². The van der Waals surface area contributed by atoms with E-state index in [1.165, 1.54) is 38.5 Å². The molecule has 1 aromatic heterocycles. The molecular formula is C16H27N2O2+. The summed E-state index contributed by atoms with van der Waals surface area (Å²) >= 11 is 0. The zero-order chi connectivity index (χ0) is 14.6. The second-order valence-electron chi connectivity index (χ2n) is 5.12. The van der Waals surface area contributed by atoms with E-state index < -0.39 is 5.91 Å². The minimum Gasteiger partial charge on any atom is -0.366 e. The molecule has 1 amide bonds. The molecule has 20 heavy (non-hydrogen) atoms. The van der Waals surface area contributed by atoms with E-state index in [0.717, 1.165) is 13.0 Å². The molecule has 0 aliphatic heterocycles. The third-order valence-electron chi connectivity index (χ3n) is 3.31. The largest absolute Gasteiger partial charge is 0.366 e. The van der Waals surface area contributed by atoms with Gasteiger partial charge in [-0.15, -0.1) is 0 Å². The van der Waals surface area contributed by atoms with Crippen molar-refractivity contribution in [3.8, 4) is 0 Å². The van der Waals surface area contributed by atoms with Crippen LogP contribution in [-0.4, -0.2) is 12.5 Å². The molecule has 4 heteroatoms. The van der Waals surface area contributed by atoms with Crippen LogP contribution in [0.3, 0.4) is 0 Å². The number of ether oxygens (including phenoxy) is 1. The van der Waals surface area contributed by atoms with Gasteiger partial charge in [0, 0.05) is 12.1 Å². The average molecular weight is 279 g/mol. The zero-order valence-corrected chi connectivity index (χ0v) is 12.5. The van der Waals surface area contributed by atoms with Gasteiger partial charge >= 0.3 is 0 Å². The number of aromatic nitrogens is 1. The third-order valence-corrected chi connectivity index (χ3v) is 3.31. The van der Waals surface area contributed by atoms with E-state index in [-0.39, 0.29) is 0 Å². The van der Waals surface area contributed by atoms with Crippen LogP contribution in [0.25, 0.3) is 0 Å². The highest BCUT2D eigenvalue weighted by molar-refractivity contribution is 5.92. The van der Waals surface area contributed by atoms with Gasteiger partial charge in [0.1, 0.15) is 0 Å². The van der Waals surface area contributed by atoms with E-state index in [2.05, 4.69) is 6.92 Å². The Morgan fingerprint density at radius 2 is 1.70 bits per heavy atom. The minimum atomic E-state index is -0.402. The molecule has 0 spiro atoms. The van der Waals surface area contributed by atoms with Crippen molar-refractivity contribution >= 4 is 5.91 Å². The van der Waals surface area contributed by atoms with Gasteiger partial charge in [-0.2, -0.15) is 4.57 Å². The predicted octanol–water partition coefficient (Wildman–Crippen LogP) is 2.80. The Balaban J connectivity index is 2.02. The lowest BCUT2D eigenvalue weighted by Gasteiger charge is -2.02. The topological polar surface area (TPSA) is 56.2 Å². The summed E-state index contributed by atoms with van der Waals surface area (Å²) in [6.07, 6.45) is 12.7. The van der Waals surface area contributed by atoms with Crippen LogP contribution in [0, 0.1) is 0 Å². The van der Waals surface area contributed by atoms with E-state index in [0.29, 0.717) is 12.3 Å². The minimum absolute atomic E-state index is 0.402. The summed E-state index contributed by atoms with van der Waals surface area (Å²) < 4.78 is 7.49. The van der Waals surface area contributed by atoms with Crippen molar-refractivity contribution in [3.63, 3.8) is 0 Å². The first-order valence-electron chi connectivity index (χ1n) is 7.60. The molecular weight excluding hydrogens is 252 g/mol. The van der Waals surface area contributed by atoms with Crippen LogP contribution in [0.4, 0.5) is 0 Å². The molecule has 0 aliphatic rings. The fourth-order valence-electron chi connectivity index (χ4n) is 2.04. The summed E-state index contributed by atoms with van der Waals surface area (Å²) in [4.78, 5) is 10.9. The number of carbonyl (C=O) groups excluding carboxylic acids is 1. The molecule has 1 rings (SSSR count). The quantitative estimate of drug-likeness (QED) is 0.500. The van der Waals surface area contributed by atoms with Crippen LogP contribution in [-0.2, 0) is 11.5 Å². The number of rotatable bonds is 11. The van der Waals surface area contributed by atoms with E-state index >= 15 is 0 Å². The number of hydrogen-bond acceptors (Lipinski definition) is 2. The highest BCUT2D eigenvalue weighted by Gasteiger charge is 2.04. The van der Waals surface area contributed by atoms with Gasteiger partial charge in [-0.1, -0.05) is 45.4 Å². The van der Waals surface area contributed by atoms with Crippen molar-refractivity contribution in [3.05, 3.63) is 30.1 Å². The summed E-state index contributed by atoms with van der Waals surface area (Å²) in [7, 11) is 0. The summed E-state index contributed by atoms with van der Waals surface area (Å²) in [5, 5.41) is 0. The number of carbonyl (C=O) groups is 1. The maximum absolute atomic E-state index is 10.9. The fourth-order valence-corrected chi connectivity index (χ4v) is 2.04. The standard InChI is InChI=1S/C16H26N2O2/c1-2-3-4-5-6-7-8-13-20-14-18-11-9-15(10-12-18)16(17)19/h9-12H,2-8,13-14H2,1H3,(H-,17,19)/p+1. The first-order valence-corrected chi connectivity index (χ1v) is 7.60. The molecule has 0 saturated heterocycles. The first kappa shape index (κ1) is 16.6. The Morgan fingerprint density at radius 3 is 2.30 bits per heavy atom. The van der Waals surface area contributed by atoms with Gasteiger partial charge < -0.3 is 10.5 Å². The van der Waals surface area contributed by atoms with Gasteiger partial charge in [0.15, 0.2) is 12.4 Å². The lowest BCUT2D eigenvalue weighted by Crippen LogP contribution is -2.34. The number of amides is 1. The molecule has 0 bridgehead atoms. The Kier molecular flexibility index (Phi) is 8.63. The van der Waals surface area contributed by atoms with E-state index in [1.807, 2.05) is 17.0 Å². The number of hydrogen-bond donors (Lipinski definition) is 1. The zero-order valence-electron chi connectivity index (χ0n) is 12.5. The smallest absolute Gasteiger partial charge is 0.252 e. The van der Waals surface area contributed by atoms with Crippen LogP contribution >= 0.6 is 0 Å². The average Bonchev–Trinajstić information content (AvgIpc) is 2.46. The molecule has 0 aromatic carbocycles. The number of nitrogens with zero attached hydrogens (tertiary/aromatic N) is 1. The van der Waals surface area contributed by atoms with Crippen LogP contribution in [0.1, 0.15) is 62.2 Å². The molecule has 0 aliphatic carbocycles. The van der Waals surface area contributed by atoms with Gasteiger partial charge in [-0.3, -0.25) is 4.79 Å². The van der Waals surface area contributed by atoms with E-state index in [4.69, 9.17) is 10.5 Å². The molecule has 112 valence electrons. The highest BCUT2D eigenvalue weighted by atomic mass is 16.5. The van der Waals surface area contributed by atoms with E-state index in [9.17, 15) is 4.79 Å². The maximum Gasteiger partial charge on any atom is 0.252 e. The van der Waals surface area contributed by atoms with Crippen LogP contribution in [0.15, 0.2) is 24.5 Å². The van der Waals surface area contributed by atoms with Gasteiger partial charge in [0.2, 0.25) is 5.91 Å². The van der Waals surface area contributed by atoms with Crippen LogP contribution in [0.5, 0.6) is 0 Å². The Bertz CT molecular complexity index is 377. The third kappa shape index (κ3) is 7.24.